The fourth-order valence-corrected chi connectivity index (χ4v) is 8.04. The van der Waals surface area contributed by atoms with E-state index in [4.69, 9.17) is 18.9 Å². The molecule has 1 saturated heterocycles. The van der Waals surface area contributed by atoms with E-state index >= 15 is 0 Å². The van der Waals surface area contributed by atoms with Gasteiger partial charge in [0.25, 0.3) is 0 Å². The van der Waals surface area contributed by atoms with Gasteiger partial charge in [-0.3, -0.25) is 24.1 Å². The number of benzene rings is 1. The second kappa shape index (κ2) is 23.2. The zero-order valence-corrected chi connectivity index (χ0v) is 37.5. The second-order valence-electron chi connectivity index (χ2n) is 17.8. The number of likely N-dealkylation sites (tertiary alicyclic amines) is 1. The van der Waals surface area contributed by atoms with Crippen molar-refractivity contribution in [2.24, 2.45) is 35.5 Å². The van der Waals surface area contributed by atoms with Gasteiger partial charge in [0.05, 0.1) is 36.6 Å². The number of methoxy groups -OCH3 is 2. The van der Waals surface area contributed by atoms with E-state index in [1.165, 1.54) is 4.90 Å². The van der Waals surface area contributed by atoms with Crippen molar-refractivity contribution in [2.75, 3.05) is 27.8 Å². The number of ether oxygens (including phenoxy) is 4. The molecule has 1 aromatic rings. The Balaban J connectivity index is 2.15. The quantitative estimate of drug-likeness (QED) is 0.118. The molecule has 0 bridgehead atoms. The van der Waals surface area contributed by atoms with Gasteiger partial charge in [-0.15, -0.1) is 0 Å². The van der Waals surface area contributed by atoms with Gasteiger partial charge < -0.3 is 29.2 Å². The zero-order valence-electron chi connectivity index (χ0n) is 37.5. The Kier molecular flexibility index (Phi) is 20.2. The van der Waals surface area contributed by atoms with Crippen molar-refractivity contribution in [1.29, 1.82) is 0 Å². The first-order valence-electron chi connectivity index (χ1n) is 21.0. The van der Waals surface area contributed by atoms with Crippen molar-refractivity contribution in [1.82, 2.24) is 15.1 Å². The molecule has 9 unspecified atom stereocenters. The molecule has 0 radical (unpaired) electrons. The van der Waals surface area contributed by atoms with Crippen LogP contribution in [0.15, 0.2) is 30.3 Å². The molecule has 0 aromatic heterocycles. The van der Waals surface area contributed by atoms with E-state index < -0.39 is 41.7 Å². The van der Waals surface area contributed by atoms with Gasteiger partial charge in [-0.25, -0.2) is 4.79 Å². The van der Waals surface area contributed by atoms with Gasteiger partial charge >= 0.3 is 12.1 Å². The number of hydrogen-bond acceptors (Lipinski definition) is 9. The normalized spacial score (nSPS) is 18.9. The number of nitrogens with one attached hydrogen (secondary N) is 1. The number of Topliss-reactive ketones (excluding diaryl/α,β-unsaturated/α-hetero) is 1. The van der Waals surface area contributed by atoms with Crippen molar-refractivity contribution < 1.29 is 42.9 Å². The zero-order chi connectivity index (χ0) is 43.2. The molecule has 1 aromatic carbocycles. The number of ketones is 1. The molecule has 1 N–H and O–H groups in total. The van der Waals surface area contributed by atoms with Gasteiger partial charge in [-0.1, -0.05) is 85.2 Å². The molecular weight excluding hydrogens is 727 g/mol. The maximum Gasteiger partial charge on any atom is 0.410 e. The number of hydrogen-bond donors (Lipinski definition) is 1. The van der Waals surface area contributed by atoms with Crippen LogP contribution >= 0.6 is 0 Å². The predicted molar refractivity (Wildman–Crippen MR) is 222 cm³/mol. The Morgan fingerprint density at radius 2 is 1.54 bits per heavy atom. The molecule has 57 heavy (non-hydrogen) atoms. The monoisotopic (exact) mass is 802 g/mol. The van der Waals surface area contributed by atoms with Gasteiger partial charge in [-0.05, 0) is 82.6 Å². The lowest BCUT2D eigenvalue weighted by Crippen LogP contribution is -2.56. The molecule has 12 heteroatoms. The fraction of sp³-hybridized carbons (Fsp3) is 0.756. The number of likely N-dealkylation sites (N-methyl/N-ethyl adjacent to an activating group) is 1. The van der Waals surface area contributed by atoms with E-state index in [1.807, 2.05) is 69.9 Å². The third-order valence-electron chi connectivity index (χ3n) is 11.6. The van der Waals surface area contributed by atoms with Gasteiger partial charge in [0.2, 0.25) is 11.8 Å². The minimum Gasteiger partial charge on any atom is -0.461 e. The van der Waals surface area contributed by atoms with E-state index in [9.17, 15) is 24.0 Å². The lowest BCUT2D eigenvalue weighted by Gasteiger charge is -2.36. The third-order valence-corrected chi connectivity index (χ3v) is 11.6. The largest absolute Gasteiger partial charge is 0.461 e. The number of amides is 3. The van der Waals surface area contributed by atoms with Crippen LogP contribution in [-0.2, 0) is 44.7 Å². The lowest BCUT2D eigenvalue weighted by atomic mass is 9.79. The minimum absolute atomic E-state index is 0.00902. The number of rotatable bonds is 22. The maximum absolute atomic E-state index is 14.1. The Morgan fingerprint density at radius 3 is 2.07 bits per heavy atom. The highest BCUT2D eigenvalue weighted by molar-refractivity contribution is 5.93. The van der Waals surface area contributed by atoms with E-state index in [1.54, 1.807) is 49.0 Å². The molecule has 3 amide bonds. The van der Waals surface area contributed by atoms with Crippen LogP contribution in [-0.4, -0.2) is 103 Å². The highest BCUT2D eigenvalue weighted by Crippen LogP contribution is 2.33. The van der Waals surface area contributed by atoms with Crippen LogP contribution in [0.4, 0.5) is 4.79 Å². The summed E-state index contributed by atoms with van der Waals surface area (Å²) in [5.74, 6) is -2.06. The van der Waals surface area contributed by atoms with Crippen molar-refractivity contribution in [2.45, 2.75) is 157 Å². The third kappa shape index (κ3) is 14.7. The Morgan fingerprint density at radius 1 is 0.912 bits per heavy atom. The van der Waals surface area contributed by atoms with Crippen LogP contribution in [0.2, 0.25) is 0 Å². The highest BCUT2D eigenvalue weighted by atomic mass is 16.6. The molecule has 0 spiro atoms. The highest BCUT2D eigenvalue weighted by Gasteiger charge is 2.42. The number of esters is 1. The van der Waals surface area contributed by atoms with Gasteiger partial charge in [0, 0.05) is 33.7 Å². The Labute approximate surface area is 343 Å². The maximum atomic E-state index is 14.1. The van der Waals surface area contributed by atoms with Crippen LogP contribution < -0.4 is 5.32 Å². The number of carbonyl (C=O) groups excluding carboxylic acids is 5. The fourth-order valence-electron chi connectivity index (χ4n) is 8.04. The van der Waals surface area contributed by atoms with Crippen molar-refractivity contribution in [3.8, 4) is 0 Å². The lowest BCUT2D eigenvalue weighted by molar-refractivity contribution is -0.158. The molecule has 0 saturated carbocycles. The van der Waals surface area contributed by atoms with Crippen LogP contribution in [0.25, 0.3) is 0 Å². The molecule has 324 valence electrons. The predicted octanol–water partition coefficient (Wildman–Crippen LogP) is 7.46. The van der Waals surface area contributed by atoms with E-state index in [-0.39, 0.29) is 72.4 Å². The van der Waals surface area contributed by atoms with Crippen LogP contribution in [0.3, 0.4) is 0 Å². The average Bonchev–Trinajstić information content (AvgIpc) is 3.64. The second-order valence-corrected chi connectivity index (χ2v) is 17.8. The van der Waals surface area contributed by atoms with E-state index in [0.717, 1.165) is 24.8 Å². The molecule has 1 fully saturated rings. The first kappa shape index (κ1) is 49.6. The Bertz CT molecular complexity index is 1430. The van der Waals surface area contributed by atoms with Crippen molar-refractivity contribution >= 4 is 29.7 Å². The smallest absolute Gasteiger partial charge is 0.410 e. The molecule has 12 nitrogen and oxygen atoms in total. The number of carbonyl (C=O) groups is 5. The summed E-state index contributed by atoms with van der Waals surface area (Å²) in [7, 11) is 4.76. The molecule has 0 aliphatic carbocycles. The average molecular weight is 802 g/mol. The van der Waals surface area contributed by atoms with Gasteiger partial charge in [0.15, 0.2) is 5.78 Å². The van der Waals surface area contributed by atoms with Crippen molar-refractivity contribution in [3.05, 3.63) is 35.9 Å². The van der Waals surface area contributed by atoms with Gasteiger partial charge in [-0.2, -0.15) is 0 Å². The molecule has 1 aliphatic heterocycles. The summed E-state index contributed by atoms with van der Waals surface area (Å²) in [5, 5.41) is 2.99. The molecular formula is C45H75N3O9. The standard InChI is InChI=1S/C45H75N3O9/c1-15-30(6)34(24-23-31(7)40(50)38(28(2)3)46-42(51)39(29(4)5)47(12)44(53)57-45(9,10)11)36(54-13)26-37(49)48-25-19-22-35(48)41(55-14)32(8)43(52)56-27-33-20-17-16-18-21-33/h16-18,20-21,28-32,34-36,38-39,41H,15,19,22-27H2,1-14H3,(H,46,51). The summed E-state index contributed by atoms with van der Waals surface area (Å²) in [5.41, 5.74) is 0.177. The summed E-state index contributed by atoms with van der Waals surface area (Å²) in [4.78, 5) is 71.0. The van der Waals surface area contributed by atoms with E-state index in [0.29, 0.717) is 19.4 Å². The van der Waals surface area contributed by atoms with Crippen molar-refractivity contribution in [3.63, 3.8) is 0 Å². The van der Waals surface area contributed by atoms with Gasteiger partial charge in [0.1, 0.15) is 18.2 Å². The minimum atomic E-state index is -0.829. The summed E-state index contributed by atoms with van der Waals surface area (Å²) in [6.45, 7) is 21.5. The molecule has 1 heterocycles. The summed E-state index contributed by atoms with van der Waals surface area (Å²) in [6, 6.07) is 7.66. The van der Waals surface area contributed by atoms with E-state index in [2.05, 4.69) is 19.2 Å². The Hall–Kier alpha value is -3.51. The SMILES string of the molecule is CCC(C)C(CCC(C)C(=O)C(NC(=O)C(C(C)C)N(C)C(=O)OC(C)(C)C)C(C)C)C(CC(=O)N1CCCC1C(OC)C(C)C(=O)OCc1ccccc1)OC. The molecule has 9 atom stereocenters. The topological polar surface area (TPSA) is 141 Å². The van der Waals surface area contributed by atoms with Crippen LogP contribution in [0.1, 0.15) is 120 Å². The van der Waals surface area contributed by atoms with Crippen LogP contribution in [0.5, 0.6) is 0 Å². The summed E-state index contributed by atoms with van der Waals surface area (Å²) in [6.07, 6.45) is 2.23. The first-order valence-corrected chi connectivity index (χ1v) is 21.0. The molecule has 2 rings (SSSR count). The summed E-state index contributed by atoms with van der Waals surface area (Å²) >= 11 is 0. The number of nitrogens with zero attached hydrogens (tertiary/aromatic N) is 2. The first-order chi connectivity index (χ1) is 26.7. The molecule has 1 aliphatic rings. The van der Waals surface area contributed by atoms with Crippen LogP contribution in [0, 0.1) is 35.5 Å². The summed E-state index contributed by atoms with van der Waals surface area (Å²) < 4.78 is 23.1.